The average Bonchev–Trinajstić information content (AvgIpc) is 2.00. The summed E-state index contributed by atoms with van der Waals surface area (Å²) in [5.41, 5.74) is 0. The largest absolute Gasteiger partial charge is 0.303 e. The standard InChI is InChI=1S/C11H15BrO/c12-11-3-7-1-8(4-11)10(6-13)9(2-7)5-11/h6-10H,1-5H2. The minimum atomic E-state index is 0.405. The quantitative estimate of drug-likeness (QED) is 0.511. The maximum absolute atomic E-state index is 11.0. The Morgan fingerprint density at radius 2 is 1.77 bits per heavy atom. The van der Waals surface area contributed by atoms with Crippen LogP contribution in [0.3, 0.4) is 0 Å². The molecule has 72 valence electrons. The Hall–Kier alpha value is 0.150. The zero-order valence-corrected chi connectivity index (χ0v) is 9.29. The van der Waals surface area contributed by atoms with E-state index in [1.54, 1.807) is 0 Å². The monoisotopic (exact) mass is 242 g/mol. The van der Waals surface area contributed by atoms with Crippen LogP contribution in [0, 0.1) is 23.7 Å². The van der Waals surface area contributed by atoms with Crippen LogP contribution in [0.1, 0.15) is 32.1 Å². The third-order valence-corrected chi connectivity index (χ3v) is 5.40. The maximum atomic E-state index is 11.0. The molecule has 1 nitrogen and oxygen atoms in total. The first-order chi connectivity index (χ1) is 6.20. The number of halogens is 1. The van der Waals surface area contributed by atoms with Gasteiger partial charge in [-0.3, -0.25) is 0 Å². The lowest BCUT2D eigenvalue weighted by atomic mass is 9.52. The van der Waals surface area contributed by atoms with Gasteiger partial charge in [0.25, 0.3) is 0 Å². The molecule has 4 aliphatic carbocycles. The molecule has 0 saturated heterocycles. The SMILES string of the molecule is O=CC1C2CC3CC1CC(Br)(C3)C2. The van der Waals surface area contributed by atoms with Crippen LogP contribution in [0.4, 0.5) is 0 Å². The van der Waals surface area contributed by atoms with Crippen molar-refractivity contribution in [3.63, 3.8) is 0 Å². The topological polar surface area (TPSA) is 17.1 Å². The van der Waals surface area contributed by atoms with Crippen LogP contribution in [0.15, 0.2) is 0 Å². The Morgan fingerprint density at radius 1 is 1.15 bits per heavy atom. The summed E-state index contributed by atoms with van der Waals surface area (Å²) in [6, 6.07) is 0. The van der Waals surface area contributed by atoms with Crippen LogP contribution in [-0.4, -0.2) is 10.6 Å². The minimum Gasteiger partial charge on any atom is -0.303 e. The van der Waals surface area contributed by atoms with E-state index < -0.39 is 0 Å². The molecule has 2 atom stereocenters. The van der Waals surface area contributed by atoms with E-state index in [0.717, 1.165) is 5.92 Å². The van der Waals surface area contributed by atoms with Crippen molar-refractivity contribution < 1.29 is 4.79 Å². The van der Waals surface area contributed by atoms with Gasteiger partial charge in [0.05, 0.1) is 0 Å². The molecule has 0 heterocycles. The summed E-state index contributed by atoms with van der Waals surface area (Å²) in [6.07, 6.45) is 7.77. The molecule has 13 heavy (non-hydrogen) atoms. The lowest BCUT2D eigenvalue weighted by Crippen LogP contribution is -2.52. The number of alkyl halides is 1. The Morgan fingerprint density at radius 3 is 2.23 bits per heavy atom. The number of rotatable bonds is 1. The average molecular weight is 243 g/mol. The van der Waals surface area contributed by atoms with Gasteiger partial charge in [-0.1, -0.05) is 15.9 Å². The van der Waals surface area contributed by atoms with Crippen LogP contribution in [0.5, 0.6) is 0 Å². The van der Waals surface area contributed by atoms with Crippen molar-refractivity contribution in [3.05, 3.63) is 0 Å². The summed E-state index contributed by atoms with van der Waals surface area (Å²) < 4.78 is 0.434. The highest BCUT2D eigenvalue weighted by molar-refractivity contribution is 9.10. The van der Waals surface area contributed by atoms with Gasteiger partial charge in [0.15, 0.2) is 0 Å². The molecular formula is C11H15BrO. The first kappa shape index (κ1) is 8.46. The third kappa shape index (κ3) is 1.14. The maximum Gasteiger partial charge on any atom is 0.123 e. The molecule has 4 aliphatic rings. The van der Waals surface area contributed by atoms with Crippen molar-refractivity contribution in [3.8, 4) is 0 Å². The summed E-state index contributed by atoms with van der Waals surface area (Å²) in [5, 5.41) is 0. The van der Waals surface area contributed by atoms with Crippen molar-refractivity contribution in [2.75, 3.05) is 0 Å². The number of hydrogen-bond acceptors (Lipinski definition) is 1. The molecule has 2 unspecified atom stereocenters. The summed E-state index contributed by atoms with van der Waals surface area (Å²) in [4.78, 5) is 11.0. The van der Waals surface area contributed by atoms with Gasteiger partial charge in [0.1, 0.15) is 6.29 Å². The van der Waals surface area contributed by atoms with Crippen molar-refractivity contribution in [2.45, 2.75) is 36.4 Å². The van der Waals surface area contributed by atoms with Gasteiger partial charge in [-0.2, -0.15) is 0 Å². The van der Waals surface area contributed by atoms with E-state index in [4.69, 9.17) is 0 Å². The highest BCUT2D eigenvalue weighted by atomic mass is 79.9. The second-order valence-corrected chi connectivity index (χ2v) is 7.02. The van der Waals surface area contributed by atoms with Crippen molar-refractivity contribution in [1.29, 1.82) is 0 Å². The van der Waals surface area contributed by atoms with Gasteiger partial charge in [-0.15, -0.1) is 0 Å². The molecule has 4 rings (SSSR count). The Balaban J connectivity index is 1.94. The molecular weight excluding hydrogens is 228 g/mol. The lowest BCUT2D eigenvalue weighted by molar-refractivity contribution is -0.121. The second-order valence-electron chi connectivity index (χ2n) is 5.33. The van der Waals surface area contributed by atoms with Crippen LogP contribution in [0.2, 0.25) is 0 Å². The van der Waals surface area contributed by atoms with Gasteiger partial charge in [0.2, 0.25) is 0 Å². The molecule has 0 aromatic heterocycles. The number of hydrogen-bond donors (Lipinski definition) is 0. The van der Waals surface area contributed by atoms with Crippen LogP contribution < -0.4 is 0 Å². The van der Waals surface area contributed by atoms with E-state index in [-0.39, 0.29) is 0 Å². The fourth-order valence-electron chi connectivity index (χ4n) is 4.19. The van der Waals surface area contributed by atoms with E-state index in [9.17, 15) is 4.79 Å². The molecule has 4 bridgehead atoms. The highest BCUT2D eigenvalue weighted by Gasteiger charge is 2.54. The van der Waals surface area contributed by atoms with Gasteiger partial charge >= 0.3 is 0 Å². The van der Waals surface area contributed by atoms with E-state index >= 15 is 0 Å². The Labute approximate surface area is 87.4 Å². The zero-order chi connectivity index (χ0) is 9.05. The number of aldehydes is 1. The molecule has 4 fully saturated rings. The highest BCUT2D eigenvalue weighted by Crippen LogP contribution is 2.60. The van der Waals surface area contributed by atoms with Crippen molar-refractivity contribution >= 4 is 22.2 Å². The third-order valence-electron chi connectivity index (χ3n) is 4.43. The van der Waals surface area contributed by atoms with Crippen LogP contribution in [-0.2, 0) is 4.79 Å². The van der Waals surface area contributed by atoms with Crippen LogP contribution in [0.25, 0.3) is 0 Å². The van der Waals surface area contributed by atoms with E-state index in [1.165, 1.54) is 38.4 Å². The van der Waals surface area contributed by atoms with E-state index in [0.29, 0.717) is 22.1 Å². The first-order valence-corrected chi connectivity index (χ1v) is 6.14. The van der Waals surface area contributed by atoms with E-state index in [2.05, 4.69) is 15.9 Å². The van der Waals surface area contributed by atoms with Crippen molar-refractivity contribution in [1.82, 2.24) is 0 Å². The predicted octanol–water partition coefficient (Wildman–Crippen LogP) is 2.78. The summed E-state index contributed by atoms with van der Waals surface area (Å²) >= 11 is 3.90. The molecule has 0 amide bonds. The molecule has 0 aromatic rings. The van der Waals surface area contributed by atoms with Gasteiger partial charge in [-0.25, -0.2) is 0 Å². The molecule has 2 heteroatoms. The van der Waals surface area contributed by atoms with Gasteiger partial charge in [0, 0.05) is 10.2 Å². The molecule has 0 radical (unpaired) electrons. The number of carbonyl (C=O) groups excluding carboxylic acids is 1. The molecule has 0 N–H and O–H groups in total. The second kappa shape index (κ2) is 2.59. The van der Waals surface area contributed by atoms with Gasteiger partial charge in [-0.05, 0) is 49.9 Å². The summed E-state index contributed by atoms with van der Waals surface area (Å²) in [5.74, 6) is 2.75. The van der Waals surface area contributed by atoms with Crippen LogP contribution >= 0.6 is 15.9 Å². The summed E-state index contributed by atoms with van der Waals surface area (Å²) in [7, 11) is 0. The Bertz CT molecular complexity index is 234. The summed E-state index contributed by atoms with van der Waals surface area (Å²) in [6.45, 7) is 0. The lowest BCUT2D eigenvalue weighted by Gasteiger charge is -2.56. The molecule has 0 aliphatic heterocycles. The van der Waals surface area contributed by atoms with E-state index in [1.807, 2.05) is 0 Å². The fourth-order valence-corrected chi connectivity index (χ4v) is 5.48. The van der Waals surface area contributed by atoms with Gasteiger partial charge < -0.3 is 4.79 Å². The number of carbonyl (C=O) groups is 1. The van der Waals surface area contributed by atoms with Crippen molar-refractivity contribution in [2.24, 2.45) is 23.7 Å². The fraction of sp³-hybridized carbons (Fsp3) is 0.909. The first-order valence-electron chi connectivity index (χ1n) is 5.34. The zero-order valence-electron chi connectivity index (χ0n) is 7.71. The minimum absolute atomic E-state index is 0.405. The smallest absolute Gasteiger partial charge is 0.123 e. The Kier molecular flexibility index (Phi) is 1.69. The normalized spacial score (nSPS) is 58.2. The molecule has 0 spiro atoms. The molecule has 0 aromatic carbocycles. The predicted molar refractivity (Wildman–Crippen MR) is 54.8 cm³/mol. The molecule has 4 saturated carbocycles.